The molecule has 1 unspecified atom stereocenters. The number of carbonyl (C=O) groups excluding carboxylic acids is 1. The van der Waals surface area contributed by atoms with E-state index in [1.54, 1.807) is 0 Å². The highest BCUT2D eigenvalue weighted by Gasteiger charge is 2.22. The lowest BCUT2D eigenvalue weighted by atomic mass is 10.1. The van der Waals surface area contributed by atoms with Crippen LogP contribution in [0.4, 0.5) is 5.13 Å². The van der Waals surface area contributed by atoms with Gasteiger partial charge in [-0.2, -0.15) is 0 Å². The third-order valence-corrected chi connectivity index (χ3v) is 4.85. The molecule has 2 aliphatic rings. The molecule has 1 aromatic heterocycles. The van der Waals surface area contributed by atoms with Crippen LogP contribution in [0.3, 0.4) is 0 Å². The van der Waals surface area contributed by atoms with Crippen molar-refractivity contribution in [1.29, 1.82) is 0 Å². The maximum Gasteiger partial charge on any atom is 0.243 e. The zero-order valence-corrected chi connectivity index (χ0v) is 12.9. The SMILES string of the molecule is O=C(Nc1nc(-c2ccc3c(c2)CCO3)cs1)C1CCCN1. The molecule has 114 valence electrons. The van der Waals surface area contributed by atoms with Crippen LogP contribution in [0.25, 0.3) is 11.3 Å². The Kier molecular flexibility index (Phi) is 3.56. The van der Waals surface area contributed by atoms with Crippen LogP contribution in [0.2, 0.25) is 0 Å². The Morgan fingerprint density at radius 3 is 3.27 bits per heavy atom. The van der Waals surface area contributed by atoms with Crippen LogP contribution in [-0.2, 0) is 11.2 Å². The molecule has 4 rings (SSSR count). The summed E-state index contributed by atoms with van der Waals surface area (Å²) in [5, 5.41) is 8.74. The van der Waals surface area contributed by atoms with Gasteiger partial charge in [0.1, 0.15) is 5.75 Å². The van der Waals surface area contributed by atoms with Crippen molar-refractivity contribution in [2.45, 2.75) is 25.3 Å². The van der Waals surface area contributed by atoms with Crippen molar-refractivity contribution in [2.75, 3.05) is 18.5 Å². The summed E-state index contributed by atoms with van der Waals surface area (Å²) in [6.45, 7) is 1.67. The lowest BCUT2D eigenvalue weighted by Crippen LogP contribution is -2.35. The minimum absolute atomic E-state index is 0.0146. The Morgan fingerprint density at radius 1 is 1.45 bits per heavy atom. The van der Waals surface area contributed by atoms with Crippen molar-refractivity contribution in [1.82, 2.24) is 10.3 Å². The number of rotatable bonds is 3. The first-order chi connectivity index (χ1) is 10.8. The second kappa shape index (κ2) is 5.70. The minimum Gasteiger partial charge on any atom is -0.493 e. The first-order valence-electron chi connectivity index (χ1n) is 7.55. The highest BCUT2D eigenvalue weighted by molar-refractivity contribution is 7.14. The van der Waals surface area contributed by atoms with Gasteiger partial charge in [0.2, 0.25) is 5.91 Å². The van der Waals surface area contributed by atoms with Gasteiger partial charge < -0.3 is 15.4 Å². The average molecular weight is 315 g/mol. The van der Waals surface area contributed by atoms with Crippen molar-refractivity contribution in [2.24, 2.45) is 0 Å². The summed E-state index contributed by atoms with van der Waals surface area (Å²) in [7, 11) is 0. The second-order valence-corrected chi connectivity index (χ2v) is 6.46. The molecule has 0 bridgehead atoms. The number of aromatic nitrogens is 1. The highest BCUT2D eigenvalue weighted by Crippen LogP contribution is 2.32. The third-order valence-electron chi connectivity index (χ3n) is 4.10. The number of ether oxygens (including phenoxy) is 1. The number of benzene rings is 1. The summed E-state index contributed by atoms with van der Waals surface area (Å²) in [4.78, 5) is 16.6. The van der Waals surface area contributed by atoms with E-state index in [0.29, 0.717) is 5.13 Å². The van der Waals surface area contributed by atoms with Crippen molar-refractivity contribution in [3.63, 3.8) is 0 Å². The molecule has 6 heteroatoms. The molecule has 1 amide bonds. The fraction of sp³-hybridized carbons (Fsp3) is 0.375. The molecule has 2 N–H and O–H groups in total. The van der Waals surface area contributed by atoms with E-state index in [-0.39, 0.29) is 11.9 Å². The van der Waals surface area contributed by atoms with Crippen molar-refractivity contribution in [3.05, 3.63) is 29.1 Å². The largest absolute Gasteiger partial charge is 0.493 e. The third kappa shape index (κ3) is 2.60. The Hall–Kier alpha value is -1.92. The predicted octanol–water partition coefficient (Wildman–Crippen LogP) is 2.44. The maximum atomic E-state index is 12.1. The van der Waals surface area contributed by atoms with E-state index in [0.717, 1.165) is 49.4 Å². The normalized spacial score (nSPS) is 19.7. The minimum atomic E-state index is -0.0792. The molecule has 1 saturated heterocycles. The van der Waals surface area contributed by atoms with E-state index >= 15 is 0 Å². The smallest absolute Gasteiger partial charge is 0.243 e. The molecule has 0 radical (unpaired) electrons. The lowest BCUT2D eigenvalue weighted by Gasteiger charge is -2.08. The summed E-state index contributed by atoms with van der Waals surface area (Å²) < 4.78 is 5.52. The number of nitrogens with zero attached hydrogens (tertiary/aromatic N) is 1. The van der Waals surface area contributed by atoms with E-state index in [9.17, 15) is 4.79 Å². The Morgan fingerprint density at radius 2 is 2.41 bits per heavy atom. The molecular formula is C16H17N3O2S. The molecule has 0 spiro atoms. The van der Waals surface area contributed by atoms with Crippen molar-refractivity contribution >= 4 is 22.4 Å². The van der Waals surface area contributed by atoms with Crippen LogP contribution >= 0.6 is 11.3 Å². The predicted molar refractivity (Wildman–Crippen MR) is 86.4 cm³/mol. The maximum absolute atomic E-state index is 12.1. The molecule has 2 aliphatic heterocycles. The van der Waals surface area contributed by atoms with E-state index in [1.165, 1.54) is 16.9 Å². The number of thiazole rings is 1. The molecule has 22 heavy (non-hydrogen) atoms. The summed E-state index contributed by atoms with van der Waals surface area (Å²) in [6, 6.07) is 6.06. The first-order valence-corrected chi connectivity index (χ1v) is 8.43. The summed E-state index contributed by atoms with van der Waals surface area (Å²) >= 11 is 1.46. The number of nitrogens with one attached hydrogen (secondary N) is 2. The van der Waals surface area contributed by atoms with Gasteiger partial charge in [0.25, 0.3) is 0 Å². The molecule has 1 fully saturated rings. The lowest BCUT2D eigenvalue weighted by molar-refractivity contribution is -0.117. The molecule has 5 nitrogen and oxygen atoms in total. The summed E-state index contributed by atoms with van der Waals surface area (Å²) in [5.41, 5.74) is 3.20. The molecule has 0 aliphatic carbocycles. The van der Waals surface area contributed by atoms with Gasteiger partial charge in [0.05, 0.1) is 18.3 Å². The van der Waals surface area contributed by atoms with Crippen molar-refractivity contribution < 1.29 is 9.53 Å². The van der Waals surface area contributed by atoms with Gasteiger partial charge in [-0.25, -0.2) is 4.98 Å². The van der Waals surface area contributed by atoms with Crippen LogP contribution in [0, 0.1) is 0 Å². The first kappa shape index (κ1) is 13.7. The van der Waals surface area contributed by atoms with Gasteiger partial charge in [-0.15, -0.1) is 11.3 Å². The standard InChI is InChI=1S/C16H17N3O2S/c20-15(12-2-1-6-17-12)19-16-18-13(9-22-16)10-3-4-14-11(8-10)5-7-21-14/h3-4,8-9,12,17H,1-2,5-7H2,(H,18,19,20). The van der Waals surface area contributed by atoms with E-state index in [2.05, 4.69) is 21.7 Å². The van der Waals surface area contributed by atoms with Crippen LogP contribution in [0.15, 0.2) is 23.6 Å². The van der Waals surface area contributed by atoms with Gasteiger partial charge >= 0.3 is 0 Å². The van der Waals surface area contributed by atoms with Crippen LogP contribution in [0.5, 0.6) is 5.75 Å². The zero-order chi connectivity index (χ0) is 14.9. The Balaban J connectivity index is 1.50. The Labute approximate surface area is 132 Å². The van der Waals surface area contributed by atoms with Gasteiger partial charge in [-0.3, -0.25) is 4.79 Å². The van der Waals surface area contributed by atoms with Gasteiger partial charge in [0.15, 0.2) is 5.13 Å². The molecule has 1 atom stereocenters. The van der Waals surface area contributed by atoms with Crippen LogP contribution in [-0.4, -0.2) is 30.1 Å². The molecule has 0 saturated carbocycles. The quantitative estimate of drug-likeness (QED) is 0.913. The number of amides is 1. The van der Waals surface area contributed by atoms with Crippen LogP contribution < -0.4 is 15.4 Å². The van der Waals surface area contributed by atoms with E-state index in [4.69, 9.17) is 4.74 Å². The van der Waals surface area contributed by atoms with Crippen LogP contribution in [0.1, 0.15) is 18.4 Å². The van der Waals surface area contributed by atoms with Gasteiger partial charge in [0, 0.05) is 17.4 Å². The topological polar surface area (TPSA) is 63.2 Å². The fourth-order valence-corrected chi connectivity index (χ4v) is 3.63. The Bertz CT molecular complexity index is 707. The second-order valence-electron chi connectivity index (χ2n) is 5.60. The number of carbonyl (C=O) groups is 1. The molecule has 1 aromatic carbocycles. The average Bonchev–Trinajstić information content (AvgIpc) is 3.27. The van der Waals surface area contributed by atoms with Gasteiger partial charge in [-0.05, 0) is 43.1 Å². The number of hydrogen-bond acceptors (Lipinski definition) is 5. The number of fused-ring (bicyclic) bond motifs is 1. The fourth-order valence-electron chi connectivity index (χ4n) is 2.91. The summed E-state index contributed by atoms with van der Waals surface area (Å²) in [6.07, 6.45) is 2.90. The monoisotopic (exact) mass is 315 g/mol. The zero-order valence-electron chi connectivity index (χ0n) is 12.1. The van der Waals surface area contributed by atoms with Gasteiger partial charge in [-0.1, -0.05) is 0 Å². The molecule has 2 aromatic rings. The van der Waals surface area contributed by atoms with Crippen molar-refractivity contribution in [3.8, 4) is 17.0 Å². The highest BCUT2D eigenvalue weighted by atomic mass is 32.1. The van der Waals surface area contributed by atoms with E-state index in [1.807, 2.05) is 17.5 Å². The number of hydrogen-bond donors (Lipinski definition) is 2. The number of anilines is 1. The molecular weight excluding hydrogens is 298 g/mol. The summed E-state index contributed by atoms with van der Waals surface area (Å²) in [5.74, 6) is 0.987. The van der Waals surface area contributed by atoms with E-state index < -0.39 is 0 Å². The molecule has 3 heterocycles.